The van der Waals surface area contributed by atoms with Gasteiger partial charge in [-0.1, -0.05) is 0 Å². The van der Waals surface area contributed by atoms with E-state index in [0.717, 1.165) is 4.57 Å². The Balaban J connectivity index is 1.57. The number of nitrogens with zero attached hydrogens (tertiary/aromatic N) is 1. The van der Waals surface area contributed by atoms with E-state index in [2.05, 4.69) is 18.3 Å². The zero-order valence-corrected chi connectivity index (χ0v) is 19.7. The van der Waals surface area contributed by atoms with Crippen LogP contribution in [0, 0.1) is 6.92 Å². The van der Waals surface area contributed by atoms with Gasteiger partial charge < -0.3 is 29.5 Å². The molecule has 0 bridgehead atoms. The van der Waals surface area contributed by atoms with Crippen LogP contribution in [0.1, 0.15) is 31.6 Å². The number of rotatable bonds is 8. The number of nitrogens with one attached hydrogen (secondary N) is 1. The van der Waals surface area contributed by atoms with E-state index in [4.69, 9.17) is 9.47 Å². The van der Waals surface area contributed by atoms with E-state index in [1.54, 1.807) is 0 Å². The van der Waals surface area contributed by atoms with Gasteiger partial charge in [0.15, 0.2) is 12.1 Å². The van der Waals surface area contributed by atoms with Gasteiger partial charge in [-0.25, -0.2) is 13.9 Å². The summed E-state index contributed by atoms with van der Waals surface area (Å²) in [5.74, 6) is -0.731. The number of aromatic nitrogens is 2. The molecule has 0 aromatic carbocycles. The number of aliphatic hydroxyl groups is 2. The molecule has 1 aromatic rings. The van der Waals surface area contributed by atoms with Crippen LogP contribution in [0.5, 0.6) is 0 Å². The Morgan fingerprint density at radius 3 is 2.50 bits per heavy atom. The van der Waals surface area contributed by atoms with E-state index in [1.807, 2.05) is 0 Å². The Morgan fingerprint density at radius 1 is 1.18 bits per heavy atom. The molecule has 0 radical (unpaired) electrons. The zero-order valence-electron chi connectivity index (χ0n) is 17.9. The number of Topliss-reactive ketones (excluding diaryl/α,β-unsaturated/α-hetero) is 1. The summed E-state index contributed by atoms with van der Waals surface area (Å²) in [5, 5.41) is 19.7. The summed E-state index contributed by atoms with van der Waals surface area (Å²) in [6, 6.07) is 0. The van der Waals surface area contributed by atoms with E-state index >= 15 is 0 Å². The minimum atomic E-state index is -5.29. The Labute approximate surface area is 191 Å². The van der Waals surface area contributed by atoms with Crippen molar-refractivity contribution < 1.29 is 56.8 Å². The lowest BCUT2D eigenvalue weighted by Gasteiger charge is -2.31. The zero-order chi connectivity index (χ0) is 25.4. The van der Waals surface area contributed by atoms with Crippen LogP contribution < -0.4 is 11.2 Å². The molecule has 1 aromatic heterocycles. The molecule has 0 spiro atoms. The molecule has 2 unspecified atom stereocenters. The Bertz CT molecular complexity index is 1130. The number of carbonyl (C=O) groups is 1. The fraction of sp³-hybridized carbons (Fsp3) is 0.688. The van der Waals surface area contributed by atoms with Gasteiger partial charge in [0, 0.05) is 18.2 Å². The van der Waals surface area contributed by atoms with Crippen LogP contribution in [-0.4, -0.2) is 72.6 Å². The number of aromatic amines is 1. The number of ketones is 1. The molecule has 16 nitrogen and oxygen atoms in total. The molecule has 5 N–H and O–H groups in total. The standard InChI is InChI=1S/C16H24N2O14P2/c1-7-5-18(16(23)17-15(7)22)12-3-9(19)11(30-12)6-28-33(24,25)32-34(26,27)31-13-4-10(20)14(21)8(2)29-13/h5,8-9,11-14,19,21H,3-4,6H2,1-2H3,(H,24,25)(H,26,27)(H,17,22,23)/t8-,9+,11-,12-,13-,14-/m1/s1. The fourth-order valence-corrected chi connectivity index (χ4v) is 5.44. The van der Waals surface area contributed by atoms with Crippen molar-refractivity contribution >= 4 is 21.4 Å². The third kappa shape index (κ3) is 6.56. The van der Waals surface area contributed by atoms with Gasteiger partial charge in [-0.3, -0.25) is 28.2 Å². The van der Waals surface area contributed by atoms with E-state index in [0.29, 0.717) is 0 Å². The normalized spacial score (nSPS) is 33.4. The molecule has 2 fully saturated rings. The second-order valence-corrected chi connectivity index (χ2v) is 10.7. The van der Waals surface area contributed by atoms with Gasteiger partial charge >= 0.3 is 21.3 Å². The predicted octanol–water partition coefficient (Wildman–Crippen LogP) is -1.19. The summed E-state index contributed by atoms with van der Waals surface area (Å²) in [6.45, 7) is 1.97. The first-order valence-electron chi connectivity index (χ1n) is 9.89. The number of carbonyl (C=O) groups excluding carboxylic acids is 1. The van der Waals surface area contributed by atoms with Crippen LogP contribution in [0.15, 0.2) is 15.8 Å². The van der Waals surface area contributed by atoms with Crippen molar-refractivity contribution in [1.82, 2.24) is 9.55 Å². The number of aliphatic hydroxyl groups excluding tert-OH is 2. The van der Waals surface area contributed by atoms with Crippen LogP contribution in [0.4, 0.5) is 0 Å². The Hall–Kier alpha value is -1.55. The first-order valence-corrected chi connectivity index (χ1v) is 12.9. The molecular formula is C16H24N2O14P2. The van der Waals surface area contributed by atoms with E-state index in [1.165, 1.54) is 20.0 Å². The Kier molecular flexibility index (Phi) is 8.12. The van der Waals surface area contributed by atoms with Crippen molar-refractivity contribution in [1.29, 1.82) is 0 Å². The number of aryl methyl sites for hydroxylation is 1. The average Bonchev–Trinajstić information content (AvgIpc) is 3.06. The third-order valence-corrected chi connectivity index (χ3v) is 7.66. The van der Waals surface area contributed by atoms with Crippen LogP contribution in [0.3, 0.4) is 0 Å². The first-order chi connectivity index (χ1) is 15.7. The molecule has 18 heteroatoms. The van der Waals surface area contributed by atoms with Crippen molar-refractivity contribution in [3.8, 4) is 0 Å². The van der Waals surface area contributed by atoms with Crippen LogP contribution in [0.25, 0.3) is 0 Å². The smallest absolute Gasteiger partial charge is 0.390 e. The highest BCUT2D eigenvalue weighted by molar-refractivity contribution is 7.61. The topological polar surface area (TPSA) is 233 Å². The van der Waals surface area contributed by atoms with Gasteiger partial charge in [0.1, 0.15) is 18.4 Å². The third-order valence-electron chi connectivity index (χ3n) is 5.03. The lowest BCUT2D eigenvalue weighted by atomic mass is 10.1. The molecule has 3 rings (SSSR count). The van der Waals surface area contributed by atoms with Gasteiger partial charge in [-0.2, -0.15) is 4.31 Å². The molecule has 0 aliphatic carbocycles. The molecule has 3 heterocycles. The Morgan fingerprint density at radius 2 is 1.85 bits per heavy atom. The van der Waals surface area contributed by atoms with E-state index in [-0.39, 0.29) is 12.0 Å². The summed E-state index contributed by atoms with van der Waals surface area (Å²) < 4.78 is 49.1. The van der Waals surface area contributed by atoms with Crippen molar-refractivity contribution in [2.75, 3.05) is 6.61 Å². The SMILES string of the molecule is Cc1cn([C@H]2C[C@H](O)[C@@H](COP(=O)(O)OP(=O)(O)O[C@@H]3CC(=O)[C@H](O)[C@@H](C)O3)O2)c(=O)[nH]c1=O. The molecule has 8 atom stereocenters. The average molecular weight is 530 g/mol. The van der Waals surface area contributed by atoms with Crippen LogP contribution in [-0.2, 0) is 36.8 Å². The highest BCUT2D eigenvalue weighted by Gasteiger charge is 2.43. The second kappa shape index (κ2) is 10.2. The van der Waals surface area contributed by atoms with Crippen molar-refractivity contribution in [2.24, 2.45) is 0 Å². The predicted molar refractivity (Wildman–Crippen MR) is 108 cm³/mol. The molecule has 34 heavy (non-hydrogen) atoms. The maximum Gasteiger partial charge on any atom is 0.483 e. The maximum atomic E-state index is 12.1. The molecule has 2 aliphatic rings. The van der Waals surface area contributed by atoms with Gasteiger partial charge in [0.25, 0.3) is 5.56 Å². The fourth-order valence-electron chi connectivity index (χ4n) is 3.30. The van der Waals surface area contributed by atoms with Gasteiger partial charge in [-0.05, 0) is 13.8 Å². The molecule has 0 amide bonds. The van der Waals surface area contributed by atoms with Gasteiger partial charge in [0.05, 0.1) is 25.2 Å². The number of hydrogen-bond acceptors (Lipinski definition) is 12. The minimum Gasteiger partial charge on any atom is -0.390 e. The van der Waals surface area contributed by atoms with Crippen LogP contribution >= 0.6 is 15.6 Å². The van der Waals surface area contributed by atoms with E-state index < -0.39 is 82.6 Å². The number of hydrogen-bond donors (Lipinski definition) is 5. The van der Waals surface area contributed by atoms with Crippen molar-refractivity contribution in [3.63, 3.8) is 0 Å². The van der Waals surface area contributed by atoms with Crippen LogP contribution in [0.2, 0.25) is 0 Å². The summed E-state index contributed by atoms with van der Waals surface area (Å²) in [4.78, 5) is 56.7. The quantitative estimate of drug-likeness (QED) is 0.249. The monoisotopic (exact) mass is 530 g/mol. The molecule has 0 saturated carbocycles. The minimum absolute atomic E-state index is 0.130. The summed E-state index contributed by atoms with van der Waals surface area (Å²) in [6.07, 6.45) is -7.20. The van der Waals surface area contributed by atoms with Crippen molar-refractivity contribution in [2.45, 2.75) is 63.6 Å². The highest BCUT2D eigenvalue weighted by Crippen LogP contribution is 2.61. The number of phosphoric acid groups is 2. The molecule has 2 aliphatic heterocycles. The summed E-state index contributed by atoms with van der Waals surface area (Å²) in [5.41, 5.74) is -1.19. The lowest BCUT2D eigenvalue weighted by Crippen LogP contribution is -2.44. The number of phosphoric ester groups is 2. The number of H-pyrrole nitrogens is 1. The number of ether oxygens (including phenoxy) is 2. The molecule has 2 saturated heterocycles. The summed E-state index contributed by atoms with van der Waals surface area (Å²) in [7, 11) is -10.5. The molecular weight excluding hydrogens is 506 g/mol. The molecule has 192 valence electrons. The first kappa shape index (κ1) is 27.0. The van der Waals surface area contributed by atoms with Gasteiger partial charge in [0.2, 0.25) is 0 Å². The second-order valence-electron chi connectivity index (χ2n) is 7.72. The maximum absolute atomic E-state index is 12.1. The lowest BCUT2D eigenvalue weighted by molar-refractivity contribution is -0.189. The summed E-state index contributed by atoms with van der Waals surface area (Å²) >= 11 is 0. The highest BCUT2D eigenvalue weighted by atomic mass is 31.3. The van der Waals surface area contributed by atoms with E-state index in [9.17, 15) is 43.5 Å². The van der Waals surface area contributed by atoms with Crippen molar-refractivity contribution in [3.05, 3.63) is 32.6 Å². The van der Waals surface area contributed by atoms with Gasteiger partial charge in [-0.15, -0.1) is 0 Å². The largest absolute Gasteiger partial charge is 0.483 e.